The molecule has 2 aliphatic heterocycles. The Balaban J connectivity index is 1.57. The summed E-state index contributed by atoms with van der Waals surface area (Å²) in [7, 11) is 0. The summed E-state index contributed by atoms with van der Waals surface area (Å²) in [6.45, 7) is 0.675. The molecule has 3 heterocycles. The summed E-state index contributed by atoms with van der Waals surface area (Å²) in [6.07, 6.45) is 3.57. The van der Waals surface area contributed by atoms with E-state index >= 15 is 0 Å². The van der Waals surface area contributed by atoms with Gasteiger partial charge in [-0.15, -0.1) is 0 Å². The highest BCUT2D eigenvalue weighted by Crippen LogP contribution is 2.38. The van der Waals surface area contributed by atoms with Gasteiger partial charge in [-0.25, -0.2) is 4.79 Å². The maximum atomic E-state index is 13.3. The Hall–Kier alpha value is -3.33. The lowest BCUT2D eigenvalue weighted by atomic mass is 9.85. The van der Waals surface area contributed by atoms with Gasteiger partial charge >= 0.3 is 6.03 Å². The van der Waals surface area contributed by atoms with E-state index in [-0.39, 0.29) is 25.0 Å². The van der Waals surface area contributed by atoms with E-state index in [0.717, 1.165) is 10.5 Å². The lowest BCUT2D eigenvalue weighted by Gasteiger charge is -2.42. The van der Waals surface area contributed by atoms with E-state index in [2.05, 4.69) is 10.2 Å². The van der Waals surface area contributed by atoms with E-state index in [0.29, 0.717) is 38.0 Å². The molecule has 0 atom stereocenters. The second-order valence-electron chi connectivity index (χ2n) is 7.49. The van der Waals surface area contributed by atoms with Crippen LogP contribution in [0.2, 0.25) is 0 Å². The number of nitrogens with zero attached hydrogens (tertiary/aromatic N) is 5. The monoisotopic (exact) mass is 409 g/mol. The molecule has 156 valence electrons. The molecule has 4 rings (SSSR count). The molecule has 30 heavy (non-hydrogen) atoms. The number of likely N-dealkylation sites (tertiary alicyclic amines) is 1. The molecule has 4 amide bonds. The van der Waals surface area contributed by atoms with Crippen molar-refractivity contribution in [2.75, 3.05) is 26.2 Å². The number of aromatic nitrogens is 2. The van der Waals surface area contributed by atoms with E-state index in [4.69, 9.17) is 0 Å². The highest BCUT2D eigenvalue weighted by atomic mass is 16.3. The van der Waals surface area contributed by atoms with Gasteiger partial charge in [-0.1, -0.05) is 30.3 Å². The van der Waals surface area contributed by atoms with Crippen LogP contribution in [0.3, 0.4) is 0 Å². The molecule has 0 aliphatic carbocycles. The van der Waals surface area contributed by atoms with Crippen LogP contribution in [-0.2, 0) is 11.3 Å². The molecule has 0 bridgehead atoms. The van der Waals surface area contributed by atoms with E-state index in [1.807, 2.05) is 30.3 Å². The zero-order valence-electron chi connectivity index (χ0n) is 16.5. The SMILES string of the molecule is O=C(c1ccnnc1)N1CCC2(CC1)C(=O)N(CCO)C(=O)N2Cc1ccccc1. The highest BCUT2D eigenvalue weighted by Gasteiger charge is 2.57. The van der Waals surface area contributed by atoms with Crippen LogP contribution in [0.1, 0.15) is 28.8 Å². The molecular formula is C21H23N5O4. The summed E-state index contributed by atoms with van der Waals surface area (Å²) in [5.74, 6) is -0.464. The van der Waals surface area contributed by atoms with Crippen molar-refractivity contribution < 1.29 is 19.5 Å². The maximum Gasteiger partial charge on any atom is 0.328 e. The van der Waals surface area contributed by atoms with Gasteiger partial charge in [0.05, 0.1) is 31.1 Å². The van der Waals surface area contributed by atoms with Crippen molar-refractivity contribution in [3.63, 3.8) is 0 Å². The largest absolute Gasteiger partial charge is 0.395 e. The first kappa shape index (κ1) is 20.0. The third kappa shape index (κ3) is 3.41. The van der Waals surface area contributed by atoms with Crippen molar-refractivity contribution in [3.05, 3.63) is 59.9 Å². The van der Waals surface area contributed by atoms with E-state index in [1.54, 1.807) is 15.9 Å². The number of imide groups is 1. The van der Waals surface area contributed by atoms with Crippen LogP contribution in [0.25, 0.3) is 0 Å². The average Bonchev–Trinajstić information content (AvgIpc) is 2.97. The van der Waals surface area contributed by atoms with E-state index in [9.17, 15) is 19.5 Å². The van der Waals surface area contributed by atoms with Gasteiger partial charge in [0.15, 0.2) is 0 Å². The zero-order chi connectivity index (χ0) is 21.1. The van der Waals surface area contributed by atoms with Crippen LogP contribution in [0, 0.1) is 0 Å². The predicted molar refractivity (Wildman–Crippen MR) is 106 cm³/mol. The van der Waals surface area contributed by atoms with Gasteiger partial charge < -0.3 is 14.9 Å². The Morgan fingerprint density at radius 2 is 1.80 bits per heavy atom. The predicted octanol–water partition coefficient (Wildman–Crippen LogP) is 0.908. The number of carbonyl (C=O) groups excluding carboxylic acids is 3. The molecular weight excluding hydrogens is 386 g/mol. The highest BCUT2D eigenvalue weighted by molar-refractivity contribution is 6.07. The Bertz CT molecular complexity index is 929. The summed E-state index contributed by atoms with van der Waals surface area (Å²) >= 11 is 0. The molecule has 0 radical (unpaired) electrons. The van der Waals surface area contributed by atoms with Crippen LogP contribution in [0.15, 0.2) is 48.8 Å². The third-order valence-corrected chi connectivity index (χ3v) is 5.84. The second kappa shape index (κ2) is 8.19. The fraction of sp³-hybridized carbons (Fsp3) is 0.381. The number of amides is 4. The van der Waals surface area contributed by atoms with Crippen molar-refractivity contribution in [1.82, 2.24) is 24.9 Å². The number of urea groups is 1. The van der Waals surface area contributed by atoms with Gasteiger partial charge in [-0.3, -0.25) is 14.5 Å². The minimum atomic E-state index is -1.00. The number of rotatable bonds is 5. The first-order valence-electron chi connectivity index (χ1n) is 9.91. The number of hydrogen-bond donors (Lipinski definition) is 1. The van der Waals surface area contributed by atoms with Gasteiger partial charge in [-0.2, -0.15) is 10.2 Å². The zero-order valence-corrected chi connectivity index (χ0v) is 16.5. The number of aliphatic hydroxyl groups is 1. The number of hydrogen-bond acceptors (Lipinski definition) is 6. The quantitative estimate of drug-likeness (QED) is 0.736. The Morgan fingerprint density at radius 1 is 1.07 bits per heavy atom. The van der Waals surface area contributed by atoms with E-state index in [1.165, 1.54) is 12.4 Å². The average molecular weight is 409 g/mol. The lowest BCUT2D eigenvalue weighted by Crippen LogP contribution is -2.57. The van der Waals surface area contributed by atoms with Gasteiger partial charge in [0.1, 0.15) is 5.54 Å². The number of benzene rings is 1. The molecule has 2 aromatic rings. The van der Waals surface area contributed by atoms with Crippen molar-refractivity contribution in [1.29, 1.82) is 0 Å². The maximum absolute atomic E-state index is 13.3. The first-order valence-corrected chi connectivity index (χ1v) is 9.91. The van der Waals surface area contributed by atoms with Gasteiger partial charge in [0.2, 0.25) is 0 Å². The molecule has 0 unspecified atom stereocenters. The smallest absolute Gasteiger partial charge is 0.328 e. The summed E-state index contributed by atoms with van der Waals surface area (Å²) in [5.41, 5.74) is 0.359. The summed E-state index contributed by atoms with van der Waals surface area (Å²) in [5, 5.41) is 16.8. The standard InChI is InChI=1S/C21H23N5O4/c27-13-12-25-19(29)21(26(20(25)30)15-16-4-2-1-3-5-16)7-10-24(11-8-21)18(28)17-6-9-22-23-14-17/h1-6,9,14,27H,7-8,10-13,15H2. The molecule has 1 N–H and O–H groups in total. The molecule has 1 aromatic heterocycles. The van der Waals surface area contributed by atoms with Crippen LogP contribution < -0.4 is 0 Å². The fourth-order valence-electron chi connectivity index (χ4n) is 4.23. The second-order valence-corrected chi connectivity index (χ2v) is 7.49. The Kier molecular flexibility index (Phi) is 5.45. The van der Waals surface area contributed by atoms with Crippen molar-refractivity contribution in [2.24, 2.45) is 0 Å². The molecule has 1 aromatic carbocycles. The molecule has 2 aliphatic rings. The third-order valence-electron chi connectivity index (χ3n) is 5.84. The Labute approximate surface area is 173 Å². The topological polar surface area (TPSA) is 107 Å². The minimum Gasteiger partial charge on any atom is -0.395 e. The number of β-amino-alcohol motifs (C(OH)–C–C–N with tert-alkyl or cyclic N) is 1. The van der Waals surface area contributed by atoms with Gasteiger partial charge in [-0.05, 0) is 24.5 Å². The summed E-state index contributed by atoms with van der Waals surface area (Å²) < 4.78 is 0. The van der Waals surface area contributed by atoms with Crippen LogP contribution in [0.5, 0.6) is 0 Å². The summed E-state index contributed by atoms with van der Waals surface area (Å²) in [6, 6.07) is 10.7. The van der Waals surface area contributed by atoms with Crippen molar-refractivity contribution in [2.45, 2.75) is 24.9 Å². The normalized spacial score (nSPS) is 18.4. The number of aliphatic hydroxyl groups excluding tert-OH is 1. The lowest BCUT2D eigenvalue weighted by molar-refractivity contribution is -0.135. The van der Waals surface area contributed by atoms with E-state index < -0.39 is 11.6 Å². The first-order chi connectivity index (χ1) is 14.6. The van der Waals surface area contributed by atoms with Crippen molar-refractivity contribution >= 4 is 17.8 Å². The molecule has 2 saturated heterocycles. The van der Waals surface area contributed by atoms with Crippen LogP contribution >= 0.6 is 0 Å². The van der Waals surface area contributed by atoms with Gasteiger partial charge in [0, 0.05) is 19.6 Å². The minimum absolute atomic E-state index is 0.0317. The van der Waals surface area contributed by atoms with Gasteiger partial charge in [0.25, 0.3) is 11.8 Å². The molecule has 9 heteroatoms. The number of carbonyl (C=O) groups is 3. The van der Waals surface area contributed by atoms with Crippen LogP contribution in [0.4, 0.5) is 4.79 Å². The molecule has 1 spiro atoms. The number of piperidine rings is 1. The van der Waals surface area contributed by atoms with Crippen LogP contribution in [-0.4, -0.2) is 79.6 Å². The van der Waals surface area contributed by atoms with Crippen molar-refractivity contribution in [3.8, 4) is 0 Å². The Morgan fingerprint density at radius 3 is 2.43 bits per heavy atom. The fourth-order valence-corrected chi connectivity index (χ4v) is 4.23. The molecule has 0 saturated carbocycles. The molecule has 9 nitrogen and oxygen atoms in total. The molecule has 2 fully saturated rings. The summed E-state index contributed by atoms with van der Waals surface area (Å²) in [4.78, 5) is 43.5.